The van der Waals surface area contributed by atoms with Gasteiger partial charge in [-0.05, 0) is 66.1 Å². The molecule has 0 spiro atoms. The van der Waals surface area contributed by atoms with E-state index >= 15 is 0 Å². The second-order valence-corrected chi connectivity index (χ2v) is 14.1. The number of sulfone groups is 1. The predicted octanol–water partition coefficient (Wildman–Crippen LogP) is 3.53. The highest BCUT2D eigenvalue weighted by Gasteiger charge is 2.42. The van der Waals surface area contributed by atoms with Crippen molar-refractivity contribution >= 4 is 38.7 Å². The summed E-state index contributed by atoms with van der Waals surface area (Å²) < 4.78 is 31.8. The summed E-state index contributed by atoms with van der Waals surface area (Å²) in [6.07, 6.45) is 0. The Hall–Kier alpha value is -3.13. The number of carbonyl (C=O) groups excluding carboxylic acids is 1. The van der Waals surface area contributed by atoms with Gasteiger partial charge in [-0.15, -0.1) is 11.3 Å². The number of morpholine rings is 1. The highest BCUT2D eigenvalue weighted by molar-refractivity contribution is 7.94. The lowest BCUT2D eigenvalue weighted by Gasteiger charge is -2.35. The number of aromatic nitrogens is 3. The van der Waals surface area contributed by atoms with Gasteiger partial charge in [0.1, 0.15) is 10.6 Å². The number of thiazole rings is 1. The second-order valence-electron chi connectivity index (χ2n) is 10.6. The summed E-state index contributed by atoms with van der Waals surface area (Å²) >= 11 is 1.11. The molecule has 2 aromatic heterocycles. The molecule has 0 unspecified atom stereocenters. The van der Waals surface area contributed by atoms with Crippen molar-refractivity contribution in [2.75, 3.05) is 57.2 Å². The number of rotatable bonds is 9. The highest BCUT2D eigenvalue weighted by atomic mass is 32.2. The molecule has 40 heavy (non-hydrogen) atoms. The molecule has 1 aliphatic heterocycles. The summed E-state index contributed by atoms with van der Waals surface area (Å²) in [7, 11) is 0.0354. The summed E-state index contributed by atoms with van der Waals surface area (Å²) in [6, 6.07) is 8.70. The summed E-state index contributed by atoms with van der Waals surface area (Å²) in [5, 5.41) is 7.37. The molecule has 0 aliphatic carbocycles. The normalized spacial score (nSPS) is 16.3. The molecular weight excluding hydrogens is 550 g/mol. The average Bonchev–Trinajstić information content (AvgIpc) is 3.36. The minimum Gasteiger partial charge on any atom is -0.377 e. The first kappa shape index (κ1) is 29.8. The van der Waals surface area contributed by atoms with Gasteiger partial charge in [-0.1, -0.05) is 0 Å². The molecule has 1 aromatic carbocycles. The molecule has 216 valence electrons. The van der Waals surface area contributed by atoms with E-state index in [9.17, 15) is 13.2 Å². The maximum atomic E-state index is 13.7. The zero-order valence-corrected chi connectivity index (χ0v) is 25.4. The van der Waals surface area contributed by atoms with Crippen LogP contribution in [0.4, 0.5) is 16.3 Å². The number of benzene rings is 1. The van der Waals surface area contributed by atoms with E-state index in [2.05, 4.69) is 20.5 Å². The van der Waals surface area contributed by atoms with Crippen molar-refractivity contribution in [1.82, 2.24) is 25.2 Å². The molecule has 0 saturated carbocycles. The van der Waals surface area contributed by atoms with Crippen molar-refractivity contribution < 1.29 is 17.9 Å². The van der Waals surface area contributed by atoms with E-state index in [1.807, 2.05) is 38.1 Å². The largest absolute Gasteiger partial charge is 0.377 e. The second kappa shape index (κ2) is 12.2. The maximum absolute atomic E-state index is 13.7. The fraction of sp³-hybridized carbons (Fsp3) is 0.481. The Morgan fingerprint density at radius 1 is 1.20 bits per heavy atom. The standard InChI is InChI=1S/C27H37N7O4S2/c1-18-17-39-26(29-18)40(36,37)27(3,4)22-15-23(34-13-14-38-16-19(34)2)32-24(31-22)20-7-9-21(10-8-20)30-25(35)28-11-12-33(5)6/h7-10,15,17,19H,11-14,16H2,1-6H3,(H2,28,30,35)/t19-/m0/s1. The average molecular weight is 588 g/mol. The zero-order valence-electron chi connectivity index (χ0n) is 23.8. The molecule has 0 radical (unpaired) electrons. The Labute approximate surface area is 239 Å². The molecule has 1 atom stereocenters. The third kappa shape index (κ3) is 6.60. The number of aryl methyl sites for hydroxylation is 1. The topological polar surface area (TPSA) is 130 Å². The molecule has 1 aliphatic rings. The Kier molecular flexibility index (Phi) is 9.08. The molecular formula is C27H37N7O4S2. The number of ether oxygens (including phenoxy) is 1. The maximum Gasteiger partial charge on any atom is 0.319 e. The van der Waals surface area contributed by atoms with E-state index in [0.717, 1.165) is 17.9 Å². The quantitative estimate of drug-likeness (QED) is 0.386. The first-order valence-electron chi connectivity index (χ1n) is 13.1. The fourth-order valence-corrected chi connectivity index (χ4v) is 7.05. The Bertz CT molecular complexity index is 1440. The monoisotopic (exact) mass is 587 g/mol. The van der Waals surface area contributed by atoms with Crippen LogP contribution in [0.2, 0.25) is 0 Å². The number of nitrogens with one attached hydrogen (secondary N) is 2. The number of carbonyl (C=O) groups is 1. The van der Waals surface area contributed by atoms with Crippen LogP contribution < -0.4 is 15.5 Å². The van der Waals surface area contributed by atoms with Gasteiger partial charge in [0.15, 0.2) is 5.82 Å². The van der Waals surface area contributed by atoms with Gasteiger partial charge in [0.2, 0.25) is 14.2 Å². The SMILES string of the molecule is Cc1csc(S(=O)(=O)C(C)(C)c2cc(N3CCOC[C@@H]3C)nc(-c3ccc(NC(=O)NCCN(C)C)cc3)n2)n1. The third-order valence-corrected chi connectivity index (χ3v) is 10.5. The Morgan fingerprint density at radius 3 is 2.55 bits per heavy atom. The van der Waals surface area contributed by atoms with Gasteiger partial charge in [-0.3, -0.25) is 0 Å². The van der Waals surface area contributed by atoms with E-state index in [0.29, 0.717) is 60.6 Å². The minimum absolute atomic E-state index is 0.0586. The number of hydrogen-bond donors (Lipinski definition) is 2. The summed E-state index contributed by atoms with van der Waals surface area (Å²) in [5.74, 6) is 1.03. The molecule has 1 fully saturated rings. The highest BCUT2D eigenvalue weighted by Crippen LogP contribution is 2.37. The van der Waals surface area contributed by atoms with E-state index in [-0.39, 0.29) is 16.4 Å². The first-order valence-corrected chi connectivity index (χ1v) is 15.5. The van der Waals surface area contributed by atoms with Crippen LogP contribution in [0.5, 0.6) is 0 Å². The number of likely N-dealkylation sites (N-methyl/N-ethyl adjacent to an activating group) is 1. The Morgan fingerprint density at radius 2 is 1.93 bits per heavy atom. The molecule has 2 N–H and O–H groups in total. The molecule has 4 rings (SSSR count). The number of anilines is 2. The number of urea groups is 1. The van der Waals surface area contributed by atoms with Crippen LogP contribution >= 0.6 is 11.3 Å². The van der Waals surface area contributed by atoms with Crippen molar-refractivity contribution in [1.29, 1.82) is 0 Å². The van der Waals surface area contributed by atoms with Gasteiger partial charge in [0, 0.05) is 48.0 Å². The van der Waals surface area contributed by atoms with Crippen LogP contribution in [-0.4, -0.2) is 87.3 Å². The van der Waals surface area contributed by atoms with E-state index in [4.69, 9.17) is 14.7 Å². The van der Waals surface area contributed by atoms with Crippen molar-refractivity contribution in [3.8, 4) is 11.4 Å². The lowest BCUT2D eigenvalue weighted by atomic mass is 10.1. The van der Waals surface area contributed by atoms with Gasteiger partial charge < -0.3 is 25.2 Å². The summed E-state index contributed by atoms with van der Waals surface area (Å²) in [5.41, 5.74) is 2.35. The van der Waals surface area contributed by atoms with E-state index < -0.39 is 14.6 Å². The minimum atomic E-state index is -3.85. The molecule has 0 bridgehead atoms. The molecule has 2 amide bonds. The van der Waals surface area contributed by atoms with Crippen molar-refractivity contribution in [3.63, 3.8) is 0 Å². The predicted molar refractivity (Wildman–Crippen MR) is 158 cm³/mol. The van der Waals surface area contributed by atoms with Gasteiger partial charge in [-0.2, -0.15) is 0 Å². The number of hydrogen-bond acceptors (Lipinski definition) is 10. The lowest BCUT2D eigenvalue weighted by Crippen LogP contribution is -2.44. The van der Waals surface area contributed by atoms with E-state index in [1.165, 1.54) is 0 Å². The smallest absolute Gasteiger partial charge is 0.319 e. The first-order chi connectivity index (χ1) is 18.9. The van der Waals surface area contributed by atoms with Crippen LogP contribution in [0.25, 0.3) is 11.4 Å². The summed E-state index contributed by atoms with van der Waals surface area (Å²) in [4.78, 5) is 30.2. The lowest BCUT2D eigenvalue weighted by molar-refractivity contribution is 0.0985. The Balaban J connectivity index is 1.68. The van der Waals surface area contributed by atoms with Crippen LogP contribution in [0.3, 0.4) is 0 Å². The molecule has 3 aromatic rings. The van der Waals surface area contributed by atoms with Crippen molar-refractivity contribution in [3.05, 3.63) is 47.1 Å². The molecule has 13 heteroatoms. The van der Waals surface area contributed by atoms with Crippen molar-refractivity contribution in [2.45, 2.75) is 42.8 Å². The fourth-order valence-electron chi connectivity index (χ4n) is 4.17. The van der Waals surface area contributed by atoms with E-state index in [1.54, 1.807) is 44.4 Å². The summed E-state index contributed by atoms with van der Waals surface area (Å²) in [6.45, 7) is 10.1. The number of nitrogens with zero attached hydrogens (tertiary/aromatic N) is 5. The molecule has 1 saturated heterocycles. The van der Waals surface area contributed by atoms with Crippen LogP contribution in [0.15, 0.2) is 40.1 Å². The van der Waals surface area contributed by atoms with Gasteiger partial charge >= 0.3 is 6.03 Å². The third-order valence-electron chi connectivity index (χ3n) is 6.74. The zero-order chi connectivity index (χ0) is 29.1. The van der Waals surface area contributed by atoms with Gasteiger partial charge in [0.25, 0.3) is 0 Å². The number of amides is 2. The molecule has 3 heterocycles. The van der Waals surface area contributed by atoms with Gasteiger partial charge in [-0.25, -0.2) is 28.2 Å². The molecule has 11 nitrogen and oxygen atoms in total. The van der Waals surface area contributed by atoms with Crippen molar-refractivity contribution in [2.24, 2.45) is 0 Å². The van der Waals surface area contributed by atoms with Crippen LogP contribution in [-0.2, 0) is 19.3 Å². The van der Waals surface area contributed by atoms with Crippen LogP contribution in [0, 0.1) is 6.92 Å². The van der Waals surface area contributed by atoms with Gasteiger partial charge in [0.05, 0.1) is 24.9 Å². The van der Waals surface area contributed by atoms with Crippen LogP contribution in [0.1, 0.15) is 32.2 Å².